The molecular weight excluding hydrogens is 316 g/mol. The molecule has 0 fully saturated rings. The second-order valence-corrected chi connectivity index (χ2v) is 5.86. The van der Waals surface area contributed by atoms with Crippen molar-refractivity contribution in [2.75, 3.05) is 13.2 Å². The summed E-state index contributed by atoms with van der Waals surface area (Å²) in [6, 6.07) is 16.5. The molecule has 132 valence electrons. The highest BCUT2D eigenvalue weighted by Gasteiger charge is 2.08. The van der Waals surface area contributed by atoms with E-state index in [-0.39, 0.29) is 17.7 Å². The van der Waals surface area contributed by atoms with Gasteiger partial charge in [-0.15, -0.1) is 0 Å². The lowest BCUT2D eigenvalue weighted by molar-refractivity contribution is -0.121. The number of hydrogen-bond acceptors (Lipinski definition) is 4. The molecule has 5 nitrogen and oxygen atoms in total. The lowest BCUT2D eigenvalue weighted by Gasteiger charge is -2.13. The van der Waals surface area contributed by atoms with Crippen molar-refractivity contribution in [2.24, 2.45) is 5.73 Å². The fourth-order valence-corrected chi connectivity index (χ4v) is 2.36. The van der Waals surface area contributed by atoms with E-state index in [2.05, 4.69) is 5.32 Å². The van der Waals surface area contributed by atoms with Crippen molar-refractivity contribution in [2.45, 2.75) is 25.8 Å². The van der Waals surface area contributed by atoms with E-state index in [1.54, 1.807) is 24.3 Å². The monoisotopic (exact) mass is 340 g/mol. The van der Waals surface area contributed by atoms with Crippen LogP contribution in [0.1, 0.15) is 41.7 Å². The van der Waals surface area contributed by atoms with Crippen molar-refractivity contribution in [3.8, 4) is 5.75 Å². The van der Waals surface area contributed by atoms with Gasteiger partial charge >= 0.3 is 0 Å². The maximum atomic E-state index is 11.9. The number of carbonyl (C=O) groups is 2. The summed E-state index contributed by atoms with van der Waals surface area (Å²) in [5.41, 5.74) is 7.66. The van der Waals surface area contributed by atoms with Gasteiger partial charge in [-0.05, 0) is 31.0 Å². The van der Waals surface area contributed by atoms with E-state index in [4.69, 9.17) is 10.5 Å². The van der Waals surface area contributed by atoms with Crippen molar-refractivity contribution in [3.63, 3.8) is 0 Å². The highest BCUT2D eigenvalue weighted by molar-refractivity contribution is 5.94. The van der Waals surface area contributed by atoms with E-state index < -0.39 is 0 Å². The first-order chi connectivity index (χ1) is 12.1. The molecule has 0 aliphatic heterocycles. The van der Waals surface area contributed by atoms with Crippen LogP contribution in [0.25, 0.3) is 0 Å². The molecule has 0 aliphatic rings. The number of nitrogens with one attached hydrogen (secondary N) is 1. The predicted octanol–water partition coefficient (Wildman–Crippen LogP) is 2.86. The minimum atomic E-state index is -0.212. The van der Waals surface area contributed by atoms with Crippen LogP contribution in [0.15, 0.2) is 54.6 Å². The fourth-order valence-electron chi connectivity index (χ4n) is 2.36. The molecule has 0 aromatic heterocycles. The molecular formula is C20H24N2O3. The number of benzene rings is 2. The molecule has 0 saturated heterocycles. The minimum absolute atomic E-state index is 0.000386. The van der Waals surface area contributed by atoms with Gasteiger partial charge in [-0.25, -0.2) is 0 Å². The third kappa shape index (κ3) is 6.39. The topological polar surface area (TPSA) is 81.4 Å². The van der Waals surface area contributed by atoms with Gasteiger partial charge in [-0.1, -0.05) is 42.5 Å². The van der Waals surface area contributed by atoms with Crippen LogP contribution >= 0.6 is 0 Å². The quantitative estimate of drug-likeness (QED) is 0.543. The number of nitrogens with two attached hydrogens (primary N) is 1. The minimum Gasteiger partial charge on any atom is -0.494 e. The molecule has 25 heavy (non-hydrogen) atoms. The zero-order chi connectivity index (χ0) is 18.1. The number of Topliss-reactive ketones (excluding diaryl/α,β-unsaturated/α-hetero) is 1. The molecule has 3 N–H and O–H groups in total. The zero-order valence-electron chi connectivity index (χ0n) is 14.4. The molecule has 5 heteroatoms. The molecule has 2 aromatic rings. The van der Waals surface area contributed by atoms with Crippen molar-refractivity contribution < 1.29 is 14.3 Å². The first-order valence-electron chi connectivity index (χ1n) is 8.37. The van der Waals surface area contributed by atoms with Crippen LogP contribution in [0, 0.1) is 0 Å². The van der Waals surface area contributed by atoms with Crippen LogP contribution in [-0.4, -0.2) is 24.8 Å². The van der Waals surface area contributed by atoms with Gasteiger partial charge in [0.15, 0.2) is 5.78 Å². The Morgan fingerprint density at radius 2 is 1.88 bits per heavy atom. The van der Waals surface area contributed by atoms with Gasteiger partial charge in [0.1, 0.15) is 5.75 Å². The first-order valence-corrected chi connectivity index (χ1v) is 8.37. The second-order valence-electron chi connectivity index (χ2n) is 5.86. The number of ether oxygens (including phenoxy) is 1. The average Bonchev–Trinajstić information content (AvgIpc) is 2.64. The van der Waals surface area contributed by atoms with Gasteiger partial charge in [0, 0.05) is 24.6 Å². The van der Waals surface area contributed by atoms with Crippen LogP contribution in [0.5, 0.6) is 5.75 Å². The highest BCUT2D eigenvalue weighted by Crippen LogP contribution is 2.14. The average molecular weight is 340 g/mol. The molecule has 0 heterocycles. The Morgan fingerprint density at radius 1 is 1.12 bits per heavy atom. The molecule has 1 amide bonds. The largest absolute Gasteiger partial charge is 0.494 e. The number of carbonyl (C=O) groups excluding carboxylic acids is 2. The van der Waals surface area contributed by atoms with Crippen molar-refractivity contribution >= 4 is 11.7 Å². The van der Waals surface area contributed by atoms with Gasteiger partial charge in [0.2, 0.25) is 5.91 Å². The number of hydrogen-bond donors (Lipinski definition) is 2. The third-order valence-electron chi connectivity index (χ3n) is 3.80. The Morgan fingerprint density at radius 3 is 2.60 bits per heavy atom. The van der Waals surface area contributed by atoms with Crippen LogP contribution in [0.2, 0.25) is 0 Å². The smallest absolute Gasteiger partial charge is 0.220 e. The molecule has 2 aromatic carbocycles. The van der Waals surface area contributed by atoms with Crippen LogP contribution < -0.4 is 15.8 Å². The summed E-state index contributed by atoms with van der Waals surface area (Å²) in [4.78, 5) is 23.2. The molecule has 0 aliphatic carbocycles. The van der Waals surface area contributed by atoms with E-state index in [1.807, 2.05) is 30.3 Å². The predicted molar refractivity (Wildman–Crippen MR) is 97.6 cm³/mol. The van der Waals surface area contributed by atoms with Crippen LogP contribution in [0.4, 0.5) is 0 Å². The van der Waals surface area contributed by atoms with Gasteiger partial charge in [-0.2, -0.15) is 0 Å². The number of ketones is 1. The maximum Gasteiger partial charge on any atom is 0.220 e. The van der Waals surface area contributed by atoms with Crippen LogP contribution in [0.3, 0.4) is 0 Å². The zero-order valence-corrected chi connectivity index (χ0v) is 14.4. The van der Waals surface area contributed by atoms with Crippen molar-refractivity contribution in [1.82, 2.24) is 5.32 Å². The Labute approximate surface area is 148 Å². The maximum absolute atomic E-state index is 11.9. The Hall–Kier alpha value is -2.66. The van der Waals surface area contributed by atoms with E-state index in [9.17, 15) is 9.59 Å². The summed E-state index contributed by atoms with van der Waals surface area (Å²) >= 11 is 0. The highest BCUT2D eigenvalue weighted by atomic mass is 16.5. The van der Waals surface area contributed by atoms with E-state index >= 15 is 0 Å². The molecule has 1 unspecified atom stereocenters. The van der Waals surface area contributed by atoms with Crippen LogP contribution in [-0.2, 0) is 4.79 Å². The van der Waals surface area contributed by atoms with Gasteiger partial charge in [-0.3, -0.25) is 9.59 Å². The normalized spacial score (nSPS) is 11.6. The standard InChI is InChI=1S/C20H24N2O3/c1-15(23)17-9-5-10-18(13-17)25-12-6-11-20(24)22-14-19(21)16-7-3-2-4-8-16/h2-5,7-10,13,19H,6,11-12,14,21H2,1H3,(H,22,24). The first kappa shape index (κ1) is 18.7. The molecule has 0 saturated carbocycles. The van der Waals surface area contributed by atoms with Crippen molar-refractivity contribution in [3.05, 3.63) is 65.7 Å². The molecule has 2 rings (SSSR count). The summed E-state index contributed by atoms with van der Waals surface area (Å²) in [5, 5.41) is 2.84. The Bertz CT molecular complexity index is 701. The van der Waals surface area contributed by atoms with Gasteiger partial charge in [0.25, 0.3) is 0 Å². The lowest BCUT2D eigenvalue weighted by Crippen LogP contribution is -2.31. The number of rotatable bonds is 9. The molecule has 0 bridgehead atoms. The van der Waals surface area contributed by atoms with E-state index in [1.165, 1.54) is 6.92 Å². The molecule has 0 spiro atoms. The number of amides is 1. The Kier molecular flexibility index (Phi) is 7.16. The molecule has 0 radical (unpaired) electrons. The van der Waals surface area contributed by atoms with Gasteiger partial charge < -0.3 is 15.8 Å². The summed E-state index contributed by atoms with van der Waals surface area (Å²) in [6.07, 6.45) is 0.963. The van der Waals surface area contributed by atoms with Gasteiger partial charge in [0.05, 0.1) is 6.61 Å². The summed E-state index contributed by atoms with van der Waals surface area (Å²) < 4.78 is 5.59. The SMILES string of the molecule is CC(=O)c1cccc(OCCCC(=O)NCC(N)c2ccccc2)c1. The van der Waals surface area contributed by atoms with E-state index in [0.717, 1.165) is 5.56 Å². The Balaban J connectivity index is 1.65. The van der Waals surface area contributed by atoms with Crippen molar-refractivity contribution in [1.29, 1.82) is 0 Å². The summed E-state index contributed by atoms with van der Waals surface area (Å²) in [6.45, 7) is 2.34. The summed E-state index contributed by atoms with van der Waals surface area (Å²) in [5.74, 6) is 0.589. The third-order valence-corrected chi connectivity index (χ3v) is 3.80. The lowest BCUT2D eigenvalue weighted by atomic mass is 10.1. The summed E-state index contributed by atoms with van der Waals surface area (Å²) in [7, 11) is 0. The fraction of sp³-hybridized carbons (Fsp3) is 0.300. The second kappa shape index (κ2) is 9.59. The van der Waals surface area contributed by atoms with E-state index in [0.29, 0.717) is 37.3 Å². The molecule has 1 atom stereocenters.